The van der Waals surface area contributed by atoms with Crippen LogP contribution < -0.4 is 10.5 Å². The molecule has 1 aromatic carbocycles. The van der Waals surface area contributed by atoms with Crippen molar-refractivity contribution < 1.29 is 14.5 Å². The third kappa shape index (κ3) is 5.39. The molecule has 21 heavy (non-hydrogen) atoms. The summed E-state index contributed by atoms with van der Waals surface area (Å²) in [5.41, 5.74) is 5.46. The summed E-state index contributed by atoms with van der Waals surface area (Å²) >= 11 is 0. The Balaban J connectivity index is 2.50. The standard InChI is InChI=1S/C14H21N3O4/c1-14(2,9-15)10-16(3)13(18)8-21-12-6-4-11(5-7-12)17(19)20/h4-7H,8-10,15H2,1-3H3. The van der Waals surface area contributed by atoms with Crippen molar-refractivity contribution in [3.63, 3.8) is 0 Å². The molecule has 0 aliphatic heterocycles. The van der Waals surface area contributed by atoms with Crippen molar-refractivity contribution >= 4 is 11.6 Å². The van der Waals surface area contributed by atoms with Crippen molar-refractivity contribution in [3.05, 3.63) is 34.4 Å². The van der Waals surface area contributed by atoms with Gasteiger partial charge in [-0.1, -0.05) is 13.8 Å². The van der Waals surface area contributed by atoms with E-state index in [-0.39, 0.29) is 23.6 Å². The van der Waals surface area contributed by atoms with E-state index in [1.165, 1.54) is 24.3 Å². The highest BCUT2D eigenvalue weighted by molar-refractivity contribution is 5.77. The lowest BCUT2D eigenvalue weighted by Crippen LogP contribution is -2.41. The lowest BCUT2D eigenvalue weighted by Gasteiger charge is -2.28. The highest BCUT2D eigenvalue weighted by Crippen LogP contribution is 2.18. The molecule has 1 aromatic rings. The Hall–Kier alpha value is -2.15. The maximum atomic E-state index is 11.9. The fraction of sp³-hybridized carbons (Fsp3) is 0.500. The summed E-state index contributed by atoms with van der Waals surface area (Å²) in [5, 5.41) is 10.5. The molecule has 0 fully saturated rings. The normalized spacial score (nSPS) is 11.0. The number of benzene rings is 1. The van der Waals surface area contributed by atoms with E-state index in [9.17, 15) is 14.9 Å². The first kappa shape index (κ1) is 16.9. The Morgan fingerprint density at radius 2 is 1.95 bits per heavy atom. The molecule has 7 nitrogen and oxygen atoms in total. The van der Waals surface area contributed by atoms with E-state index in [0.29, 0.717) is 18.8 Å². The second-order valence-electron chi connectivity index (χ2n) is 5.66. The van der Waals surface area contributed by atoms with E-state index < -0.39 is 4.92 Å². The van der Waals surface area contributed by atoms with Gasteiger partial charge in [0, 0.05) is 25.7 Å². The molecule has 0 heterocycles. The van der Waals surface area contributed by atoms with Crippen LogP contribution in [-0.2, 0) is 4.79 Å². The van der Waals surface area contributed by atoms with Gasteiger partial charge in [-0.05, 0) is 24.1 Å². The molecule has 1 amide bonds. The van der Waals surface area contributed by atoms with Gasteiger partial charge in [0.1, 0.15) is 5.75 Å². The van der Waals surface area contributed by atoms with Crippen LogP contribution in [0.25, 0.3) is 0 Å². The highest BCUT2D eigenvalue weighted by Gasteiger charge is 2.21. The Morgan fingerprint density at radius 3 is 2.43 bits per heavy atom. The lowest BCUT2D eigenvalue weighted by molar-refractivity contribution is -0.384. The number of hydrogen-bond acceptors (Lipinski definition) is 5. The molecule has 0 aromatic heterocycles. The zero-order chi connectivity index (χ0) is 16.0. The Bertz CT molecular complexity index is 499. The van der Waals surface area contributed by atoms with E-state index in [1.807, 2.05) is 13.8 Å². The van der Waals surface area contributed by atoms with Crippen LogP contribution in [0.3, 0.4) is 0 Å². The van der Waals surface area contributed by atoms with Crippen LogP contribution in [0, 0.1) is 15.5 Å². The second-order valence-corrected chi connectivity index (χ2v) is 5.66. The van der Waals surface area contributed by atoms with Crippen LogP contribution in [0.15, 0.2) is 24.3 Å². The Kier molecular flexibility index (Phi) is 5.66. The number of nitrogens with zero attached hydrogens (tertiary/aromatic N) is 2. The number of carbonyl (C=O) groups is 1. The Morgan fingerprint density at radius 1 is 1.38 bits per heavy atom. The minimum Gasteiger partial charge on any atom is -0.484 e. The predicted molar refractivity (Wildman–Crippen MR) is 79.1 cm³/mol. The maximum absolute atomic E-state index is 11.9. The summed E-state index contributed by atoms with van der Waals surface area (Å²) < 4.78 is 5.33. The predicted octanol–water partition coefficient (Wildman–Crippen LogP) is 1.42. The molecule has 0 saturated heterocycles. The number of ether oxygens (including phenoxy) is 1. The molecular formula is C14H21N3O4. The van der Waals surface area contributed by atoms with Crippen LogP contribution in [0.5, 0.6) is 5.75 Å². The third-order valence-corrected chi connectivity index (χ3v) is 3.05. The van der Waals surface area contributed by atoms with Gasteiger partial charge in [0.2, 0.25) is 0 Å². The first-order valence-electron chi connectivity index (χ1n) is 6.56. The number of hydrogen-bond donors (Lipinski definition) is 1. The second kappa shape index (κ2) is 7.03. The Labute approximate surface area is 123 Å². The van der Waals surface area contributed by atoms with Crippen molar-refractivity contribution in [2.45, 2.75) is 13.8 Å². The molecule has 1 rings (SSSR count). The van der Waals surface area contributed by atoms with Crippen molar-refractivity contribution in [2.75, 3.05) is 26.7 Å². The summed E-state index contributed by atoms with van der Waals surface area (Å²) in [6.07, 6.45) is 0. The van der Waals surface area contributed by atoms with Gasteiger partial charge in [-0.3, -0.25) is 14.9 Å². The molecule has 0 radical (unpaired) electrons. The molecule has 0 aliphatic rings. The van der Waals surface area contributed by atoms with Crippen LogP contribution >= 0.6 is 0 Å². The smallest absolute Gasteiger partial charge is 0.269 e. The molecule has 0 aliphatic carbocycles. The number of amides is 1. The van der Waals surface area contributed by atoms with Crippen LogP contribution in [-0.4, -0.2) is 42.5 Å². The number of nitrogens with two attached hydrogens (primary N) is 1. The van der Waals surface area contributed by atoms with Crippen LogP contribution in [0.4, 0.5) is 5.69 Å². The number of carbonyl (C=O) groups excluding carboxylic acids is 1. The maximum Gasteiger partial charge on any atom is 0.269 e. The minimum atomic E-state index is -0.488. The summed E-state index contributed by atoms with van der Waals surface area (Å²) in [5.74, 6) is 0.246. The van der Waals surface area contributed by atoms with E-state index in [2.05, 4.69) is 0 Å². The number of likely N-dealkylation sites (N-methyl/N-ethyl adjacent to an activating group) is 1. The number of non-ortho nitro benzene ring substituents is 1. The van der Waals surface area contributed by atoms with Gasteiger partial charge >= 0.3 is 0 Å². The fourth-order valence-electron chi connectivity index (χ4n) is 1.71. The number of nitro groups is 1. The van der Waals surface area contributed by atoms with Crippen molar-refractivity contribution in [1.82, 2.24) is 4.90 Å². The number of nitro benzene ring substituents is 1. The molecule has 0 unspecified atom stereocenters. The van der Waals surface area contributed by atoms with E-state index >= 15 is 0 Å². The van der Waals surface area contributed by atoms with Crippen molar-refractivity contribution in [2.24, 2.45) is 11.1 Å². The summed E-state index contributed by atoms with van der Waals surface area (Å²) in [7, 11) is 1.69. The monoisotopic (exact) mass is 295 g/mol. The van der Waals surface area contributed by atoms with Gasteiger partial charge in [-0.2, -0.15) is 0 Å². The van der Waals surface area contributed by atoms with Crippen molar-refractivity contribution in [3.8, 4) is 5.75 Å². The van der Waals surface area contributed by atoms with Crippen LogP contribution in [0.1, 0.15) is 13.8 Å². The van der Waals surface area contributed by atoms with E-state index in [0.717, 1.165) is 0 Å². The zero-order valence-corrected chi connectivity index (χ0v) is 12.5. The fourth-order valence-corrected chi connectivity index (χ4v) is 1.71. The van der Waals surface area contributed by atoms with Gasteiger partial charge < -0.3 is 15.4 Å². The first-order chi connectivity index (χ1) is 9.75. The first-order valence-corrected chi connectivity index (χ1v) is 6.56. The number of rotatable bonds is 7. The summed E-state index contributed by atoms with van der Waals surface area (Å²) in [6, 6.07) is 5.60. The quantitative estimate of drug-likeness (QED) is 0.606. The SMILES string of the molecule is CN(CC(C)(C)CN)C(=O)COc1ccc([N+](=O)[O-])cc1. The van der Waals surface area contributed by atoms with E-state index in [1.54, 1.807) is 11.9 Å². The molecule has 0 saturated carbocycles. The average molecular weight is 295 g/mol. The van der Waals surface area contributed by atoms with Gasteiger partial charge in [0.05, 0.1) is 4.92 Å². The molecule has 0 spiro atoms. The van der Waals surface area contributed by atoms with Gasteiger partial charge in [-0.25, -0.2) is 0 Å². The molecule has 2 N–H and O–H groups in total. The van der Waals surface area contributed by atoms with Gasteiger partial charge in [0.15, 0.2) is 6.61 Å². The minimum absolute atomic E-state index is 0.0181. The molecule has 0 bridgehead atoms. The van der Waals surface area contributed by atoms with Gasteiger partial charge in [-0.15, -0.1) is 0 Å². The average Bonchev–Trinajstić information content (AvgIpc) is 2.44. The highest BCUT2D eigenvalue weighted by atomic mass is 16.6. The molecule has 116 valence electrons. The lowest BCUT2D eigenvalue weighted by atomic mass is 9.93. The topological polar surface area (TPSA) is 98.7 Å². The van der Waals surface area contributed by atoms with Gasteiger partial charge in [0.25, 0.3) is 11.6 Å². The molecule has 0 atom stereocenters. The van der Waals surface area contributed by atoms with Crippen LogP contribution in [0.2, 0.25) is 0 Å². The summed E-state index contributed by atoms with van der Waals surface area (Å²) in [4.78, 5) is 23.5. The van der Waals surface area contributed by atoms with Crippen molar-refractivity contribution in [1.29, 1.82) is 0 Å². The van der Waals surface area contributed by atoms with E-state index in [4.69, 9.17) is 10.5 Å². The largest absolute Gasteiger partial charge is 0.484 e. The molecular weight excluding hydrogens is 274 g/mol. The summed E-state index contributed by atoms with van der Waals surface area (Å²) in [6.45, 7) is 4.86. The third-order valence-electron chi connectivity index (χ3n) is 3.05. The zero-order valence-electron chi connectivity index (χ0n) is 12.5. The molecule has 7 heteroatoms.